The van der Waals surface area contributed by atoms with Crippen molar-refractivity contribution in [2.75, 3.05) is 39.9 Å². The van der Waals surface area contributed by atoms with Crippen molar-refractivity contribution in [1.29, 1.82) is 0 Å². The summed E-state index contributed by atoms with van der Waals surface area (Å²) in [6.45, 7) is 4.55. The van der Waals surface area contributed by atoms with Gasteiger partial charge in [-0.3, -0.25) is 4.90 Å². The fourth-order valence-electron chi connectivity index (χ4n) is 2.35. The van der Waals surface area contributed by atoms with Crippen molar-refractivity contribution in [2.45, 2.75) is 12.5 Å². The van der Waals surface area contributed by atoms with E-state index < -0.39 is 0 Å². The summed E-state index contributed by atoms with van der Waals surface area (Å²) in [6.07, 6.45) is 0.914. The Hall–Kier alpha value is -0.970. The summed E-state index contributed by atoms with van der Waals surface area (Å²) in [5.74, 6) is -0.126. The quantitative estimate of drug-likeness (QED) is 0.865. The zero-order valence-electron chi connectivity index (χ0n) is 10.9. The van der Waals surface area contributed by atoms with Crippen LogP contribution in [-0.4, -0.2) is 44.8 Å². The van der Waals surface area contributed by atoms with Gasteiger partial charge in [0.2, 0.25) is 0 Å². The molecule has 1 aliphatic heterocycles. The van der Waals surface area contributed by atoms with Crippen LogP contribution in [0.15, 0.2) is 24.3 Å². The molecule has 1 unspecified atom stereocenters. The number of rotatable bonds is 5. The zero-order valence-corrected chi connectivity index (χ0v) is 10.9. The van der Waals surface area contributed by atoms with E-state index in [4.69, 9.17) is 4.74 Å². The summed E-state index contributed by atoms with van der Waals surface area (Å²) >= 11 is 0. The highest BCUT2D eigenvalue weighted by Crippen LogP contribution is 2.20. The highest BCUT2D eigenvalue weighted by atomic mass is 19.1. The second-order valence-corrected chi connectivity index (χ2v) is 4.61. The van der Waals surface area contributed by atoms with Crippen molar-refractivity contribution in [2.24, 2.45) is 0 Å². The summed E-state index contributed by atoms with van der Waals surface area (Å²) in [4.78, 5) is 2.37. The molecule has 0 aromatic heterocycles. The van der Waals surface area contributed by atoms with Gasteiger partial charge in [0.25, 0.3) is 0 Å². The van der Waals surface area contributed by atoms with Gasteiger partial charge < -0.3 is 10.1 Å². The van der Waals surface area contributed by atoms with Crippen molar-refractivity contribution in [3.8, 4) is 0 Å². The number of morpholine rings is 1. The summed E-state index contributed by atoms with van der Waals surface area (Å²) < 4.78 is 19.0. The molecule has 1 aliphatic rings. The van der Waals surface area contributed by atoms with Crippen LogP contribution >= 0.6 is 0 Å². The molecule has 1 saturated heterocycles. The van der Waals surface area contributed by atoms with Crippen LogP contribution in [0.1, 0.15) is 18.0 Å². The molecular formula is C14H21FN2O. The molecule has 1 N–H and O–H groups in total. The van der Waals surface area contributed by atoms with E-state index in [0.29, 0.717) is 0 Å². The third-order valence-electron chi connectivity index (χ3n) is 3.47. The van der Waals surface area contributed by atoms with E-state index in [9.17, 15) is 4.39 Å². The third-order valence-corrected chi connectivity index (χ3v) is 3.47. The van der Waals surface area contributed by atoms with Crippen molar-refractivity contribution < 1.29 is 9.13 Å². The Morgan fingerprint density at radius 3 is 2.72 bits per heavy atom. The summed E-state index contributed by atoms with van der Waals surface area (Å²) in [5, 5.41) is 3.20. The van der Waals surface area contributed by atoms with Gasteiger partial charge in [0.1, 0.15) is 5.82 Å². The first-order valence-corrected chi connectivity index (χ1v) is 6.53. The predicted molar refractivity (Wildman–Crippen MR) is 70.1 cm³/mol. The van der Waals surface area contributed by atoms with Crippen molar-refractivity contribution >= 4 is 0 Å². The van der Waals surface area contributed by atoms with Crippen LogP contribution in [-0.2, 0) is 4.74 Å². The molecule has 2 rings (SSSR count). The Morgan fingerprint density at radius 1 is 1.33 bits per heavy atom. The molecule has 0 bridgehead atoms. The molecule has 1 heterocycles. The summed E-state index contributed by atoms with van der Waals surface area (Å²) in [6, 6.07) is 7.07. The number of nitrogens with one attached hydrogen (secondary N) is 1. The van der Waals surface area contributed by atoms with E-state index >= 15 is 0 Å². The first kappa shape index (κ1) is 13.5. The molecule has 0 saturated carbocycles. The average Bonchev–Trinajstić information content (AvgIpc) is 2.42. The minimum atomic E-state index is -0.126. The molecule has 18 heavy (non-hydrogen) atoms. The van der Waals surface area contributed by atoms with E-state index in [1.807, 2.05) is 19.2 Å². The number of benzene rings is 1. The lowest BCUT2D eigenvalue weighted by molar-refractivity contribution is 0.0362. The van der Waals surface area contributed by atoms with Gasteiger partial charge >= 0.3 is 0 Å². The van der Waals surface area contributed by atoms with Gasteiger partial charge in [0.15, 0.2) is 0 Å². The monoisotopic (exact) mass is 252 g/mol. The fraction of sp³-hybridized carbons (Fsp3) is 0.571. The smallest absolute Gasteiger partial charge is 0.127 e. The van der Waals surface area contributed by atoms with Crippen molar-refractivity contribution in [3.63, 3.8) is 0 Å². The zero-order chi connectivity index (χ0) is 12.8. The molecule has 3 nitrogen and oxygen atoms in total. The number of nitrogens with zero attached hydrogens (tertiary/aromatic N) is 1. The van der Waals surface area contributed by atoms with Gasteiger partial charge in [-0.1, -0.05) is 18.2 Å². The molecule has 0 amide bonds. The third kappa shape index (κ3) is 3.51. The van der Waals surface area contributed by atoms with Crippen LogP contribution < -0.4 is 5.32 Å². The molecule has 0 aliphatic carbocycles. The largest absolute Gasteiger partial charge is 0.379 e. The van der Waals surface area contributed by atoms with Crippen LogP contribution in [0, 0.1) is 5.82 Å². The first-order chi connectivity index (χ1) is 8.81. The molecule has 0 spiro atoms. The molecule has 1 aromatic carbocycles. The van der Waals surface area contributed by atoms with Gasteiger partial charge in [-0.15, -0.1) is 0 Å². The Balaban J connectivity index is 1.91. The van der Waals surface area contributed by atoms with E-state index in [1.165, 1.54) is 6.07 Å². The fourth-order valence-corrected chi connectivity index (χ4v) is 2.35. The Kier molecular flexibility index (Phi) is 5.11. The number of hydrogen-bond donors (Lipinski definition) is 1. The second kappa shape index (κ2) is 6.83. The Labute approximate surface area is 108 Å². The maximum absolute atomic E-state index is 13.7. The van der Waals surface area contributed by atoms with E-state index in [2.05, 4.69) is 10.2 Å². The molecule has 1 atom stereocenters. The van der Waals surface area contributed by atoms with Crippen LogP contribution in [0.3, 0.4) is 0 Å². The van der Waals surface area contributed by atoms with E-state index in [0.717, 1.165) is 44.8 Å². The van der Waals surface area contributed by atoms with Crippen molar-refractivity contribution in [1.82, 2.24) is 10.2 Å². The second-order valence-electron chi connectivity index (χ2n) is 4.61. The molecule has 4 heteroatoms. The van der Waals surface area contributed by atoms with Gasteiger partial charge in [-0.25, -0.2) is 4.39 Å². The lowest BCUT2D eigenvalue weighted by Crippen LogP contribution is -2.38. The number of ether oxygens (including phenoxy) is 1. The molecule has 0 radical (unpaired) electrons. The highest BCUT2D eigenvalue weighted by molar-refractivity contribution is 5.21. The average molecular weight is 252 g/mol. The van der Waals surface area contributed by atoms with Crippen molar-refractivity contribution in [3.05, 3.63) is 35.6 Å². The number of hydrogen-bond acceptors (Lipinski definition) is 3. The molecule has 100 valence electrons. The first-order valence-electron chi connectivity index (χ1n) is 6.53. The maximum Gasteiger partial charge on any atom is 0.127 e. The molecular weight excluding hydrogens is 231 g/mol. The lowest BCUT2D eigenvalue weighted by atomic mass is 10.0. The Bertz CT molecular complexity index is 367. The van der Waals surface area contributed by atoms with Gasteiger partial charge in [0.05, 0.1) is 13.2 Å². The number of halogens is 1. The summed E-state index contributed by atoms with van der Waals surface area (Å²) in [7, 11) is 1.89. The summed E-state index contributed by atoms with van der Waals surface area (Å²) in [5.41, 5.74) is 0.758. The van der Waals surface area contributed by atoms with E-state index in [-0.39, 0.29) is 11.9 Å². The minimum Gasteiger partial charge on any atom is -0.379 e. The standard InChI is InChI=1S/C14H21FN2O/c1-16-14(12-4-2-3-5-13(12)15)6-7-17-8-10-18-11-9-17/h2-5,14,16H,6-11H2,1H3. The van der Waals surface area contributed by atoms with Gasteiger partial charge in [-0.2, -0.15) is 0 Å². The van der Waals surface area contributed by atoms with Crippen LogP contribution in [0.4, 0.5) is 4.39 Å². The van der Waals surface area contributed by atoms with Gasteiger partial charge in [0, 0.05) is 31.2 Å². The molecule has 1 aromatic rings. The normalized spacial score (nSPS) is 18.8. The SMILES string of the molecule is CNC(CCN1CCOCC1)c1ccccc1F. The minimum absolute atomic E-state index is 0.0778. The Morgan fingerprint density at radius 2 is 2.06 bits per heavy atom. The lowest BCUT2D eigenvalue weighted by Gasteiger charge is -2.28. The predicted octanol–water partition coefficient (Wildman–Crippen LogP) is 1.81. The van der Waals surface area contributed by atoms with Gasteiger partial charge in [-0.05, 0) is 19.5 Å². The van der Waals surface area contributed by atoms with Crippen LogP contribution in [0.5, 0.6) is 0 Å². The molecule has 1 fully saturated rings. The maximum atomic E-state index is 13.7. The van der Waals surface area contributed by atoms with Crippen LogP contribution in [0.2, 0.25) is 0 Å². The van der Waals surface area contributed by atoms with E-state index in [1.54, 1.807) is 6.07 Å². The van der Waals surface area contributed by atoms with Crippen LogP contribution in [0.25, 0.3) is 0 Å². The highest BCUT2D eigenvalue weighted by Gasteiger charge is 2.16. The topological polar surface area (TPSA) is 24.5 Å².